The van der Waals surface area contributed by atoms with Crippen molar-refractivity contribution in [2.75, 3.05) is 26.3 Å². The highest BCUT2D eigenvalue weighted by Crippen LogP contribution is 2.33. The molecule has 1 aromatic carbocycles. The molecule has 4 rings (SSSR count). The number of ether oxygens (including phenoxy) is 2. The number of benzene rings is 1. The maximum absolute atomic E-state index is 12.6. The predicted molar refractivity (Wildman–Crippen MR) is 99.7 cm³/mol. The first kappa shape index (κ1) is 17.7. The molecule has 1 aromatic rings. The van der Waals surface area contributed by atoms with Crippen LogP contribution in [0.25, 0.3) is 0 Å². The van der Waals surface area contributed by atoms with Gasteiger partial charge in [-0.2, -0.15) is 0 Å². The van der Waals surface area contributed by atoms with Crippen LogP contribution in [0.3, 0.4) is 0 Å². The zero-order chi connectivity index (χ0) is 17.9. The molecule has 2 aliphatic heterocycles. The second-order valence-electron chi connectivity index (χ2n) is 8.12. The first-order valence-electron chi connectivity index (χ1n) is 10.2. The van der Waals surface area contributed by atoms with Crippen LogP contribution in [0.1, 0.15) is 57.1 Å². The number of likely N-dealkylation sites (tertiary alicyclic amines) is 1. The molecule has 1 aliphatic carbocycles. The Balaban J connectivity index is 1.39. The fraction of sp³-hybridized carbons (Fsp3) is 0.667. The summed E-state index contributed by atoms with van der Waals surface area (Å²) in [6.07, 6.45) is 7.21. The van der Waals surface area contributed by atoms with Crippen LogP contribution in [0.5, 0.6) is 11.5 Å². The van der Waals surface area contributed by atoms with Gasteiger partial charge in [0, 0.05) is 24.4 Å². The van der Waals surface area contributed by atoms with Gasteiger partial charge in [0.2, 0.25) is 0 Å². The first-order chi connectivity index (χ1) is 12.7. The molecule has 2 N–H and O–H groups in total. The summed E-state index contributed by atoms with van der Waals surface area (Å²) in [7, 11) is 0. The van der Waals surface area contributed by atoms with Crippen molar-refractivity contribution in [1.29, 1.82) is 0 Å². The maximum atomic E-state index is 12.6. The number of rotatable bonds is 4. The molecule has 142 valence electrons. The minimum Gasteiger partial charge on any atom is -0.486 e. The van der Waals surface area contributed by atoms with Crippen LogP contribution < -0.4 is 19.7 Å². The molecule has 5 nitrogen and oxygen atoms in total. The van der Waals surface area contributed by atoms with Crippen LogP contribution in [-0.2, 0) is 4.79 Å². The summed E-state index contributed by atoms with van der Waals surface area (Å²) < 4.78 is 11.4. The highest BCUT2D eigenvalue weighted by molar-refractivity contribution is 5.77. The number of carbonyl (C=O) groups is 1. The van der Waals surface area contributed by atoms with Gasteiger partial charge in [0.15, 0.2) is 18.0 Å². The Morgan fingerprint density at radius 3 is 2.77 bits per heavy atom. The molecule has 0 radical (unpaired) electrons. The number of carbonyl (C=O) groups excluding carboxylic acids is 1. The lowest BCUT2D eigenvalue weighted by molar-refractivity contribution is -0.910. The van der Waals surface area contributed by atoms with E-state index in [-0.39, 0.29) is 5.91 Å². The second kappa shape index (κ2) is 7.87. The van der Waals surface area contributed by atoms with Gasteiger partial charge in [-0.05, 0) is 37.0 Å². The standard InChI is InChI=1S/C21H30N2O3/c1-15-5-2-3-6-17(15)22-21(24)14-23-10-4-7-18(23)16-8-9-19-20(13-16)26-12-11-25-19/h8-9,13,15,17-18H,2-7,10-12,14H2,1H3,(H,22,24)/p+1/t15-,17-,18-/m1/s1. The van der Waals surface area contributed by atoms with Crippen molar-refractivity contribution in [2.24, 2.45) is 5.92 Å². The van der Waals surface area contributed by atoms with Gasteiger partial charge in [-0.25, -0.2) is 0 Å². The second-order valence-corrected chi connectivity index (χ2v) is 8.12. The number of nitrogens with one attached hydrogen (secondary N) is 2. The van der Waals surface area contributed by atoms with Crippen molar-refractivity contribution in [3.63, 3.8) is 0 Å². The summed E-state index contributed by atoms with van der Waals surface area (Å²) in [5.74, 6) is 2.50. The van der Waals surface area contributed by atoms with Gasteiger partial charge in [-0.1, -0.05) is 19.8 Å². The quantitative estimate of drug-likeness (QED) is 0.863. The zero-order valence-corrected chi connectivity index (χ0v) is 15.8. The van der Waals surface area contributed by atoms with E-state index in [4.69, 9.17) is 9.47 Å². The summed E-state index contributed by atoms with van der Waals surface area (Å²) in [5.41, 5.74) is 1.26. The number of hydrogen-bond acceptors (Lipinski definition) is 3. The topological polar surface area (TPSA) is 52.0 Å². The molecule has 0 aromatic heterocycles. The first-order valence-corrected chi connectivity index (χ1v) is 10.2. The van der Waals surface area contributed by atoms with Crippen molar-refractivity contribution in [3.05, 3.63) is 23.8 Å². The Hall–Kier alpha value is -1.75. The predicted octanol–water partition coefficient (Wildman–Crippen LogP) is 1.87. The lowest BCUT2D eigenvalue weighted by Gasteiger charge is -2.30. The van der Waals surface area contributed by atoms with Crippen molar-refractivity contribution >= 4 is 5.91 Å². The van der Waals surface area contributed by atoms with E-state index < -0.39 is 0 Å². The number of fused-ring (bicyclic) bond motifs is 1. The van der Waals surface area contributed by atoms with Gasteiger partial charge in [0.05, 0.1) is 6.54 Å². The van der Waals surface area contributed by atoms with Crippen LogP contribution in [0.15, 0.2) is 18.2 Å². The molecule has 2 fully saturated rings. The van der Waals surface area contributed by atoms with E-state index in [2.05, 4.69) is 24.4 Å². The SMILES string of the molecule is C[C@@H]1CCCC[C@H]1NC(=O)C[NH+]1CCC[C@@H]1c1ccc2c(c1)OCCO2. The molecule has 0 spiro atoms. The highest BCUT2D eigenvalue weighted by Gasteiger charge is 2.33. The van der Waals surface area contributed by atoms with E-state index in [1.54, 1.807) is 0 Å². The Bertz CT molecular complexity index is 648. The summed E-state index contributed by atoms with van der Waals surface area (Å²) >= 11 is 0. The molecule has 2 heterocycles. The minimum atomic E-state index is 0.211. The summed E-state index contributed by atoms with van der Waals surface area (Å²) in [6.45, 7) is 5.13. The van der Waals surface area contributed by atoms with Crippen LogP contribution in [0.2, 0.25) is 0 Å². The van der Waals surface area contributed by atoms with Crippen molar-refractivity contribution < 1.29 is 19.2 Å². The molecule has 26 heavy (non-hydrogen) atoms. The van der Waals surface area contributed by atoms with E-state index >= 15 is 0 Å². The van der Waals surface area contributed by atoms with E-state index in [1.807, 2.05) is 6.07 Å². The highest BCUT2D eigenvalue weighted by atomic mass is 16.6. The van der Waals surface area contributed by atoms with Gasteiger partial charge in [0.1, 0.15) is 19.3 Å². The van der Waals surface area contributed by atoms with Crippen molar-refractivity contribution in [3.8, 4) is 11.5 Å². The molecular weight excluding hydrogens is 328 g/mol. The summed E-state index contributed by atoms with van der Waals surface area (Å²) in [6, 6.07) is 7.02. The maximum Gasteiger partial charge on any atom is 0.275 e. The van der Waals surface area contributed by atoms with Crippen molar-refractivity contribution in [2.45, 2.75) is 57.5 Å². The molecule has 1 amide bonds. The van der Waals surface area contributed by atoms with E-state index in [0.717, 1.165) is 30.9 Å². The van der Waals surface area contributed by atoms with E-state index in [9.17, 15) is 4.79 Å². The van der Waals surface area contributed by atoms with Gasteiger partial charge >= 0.3 is 0 Å². The Morgan fingerprint density at radius 2 is 1.92 bits per heavy atom. The largest absolute Gasteiger partial charge is 0.486 e. The van der Waals surface area contributed by atoms with Gasteiger partial charge in [-0.15, -0.1) is 0 Å². The van der Waals surface area contributed by atoms with Crippen LogP contribution in [0, 0.1) is 5.92 Å². The van der Waals surface area contributed by atoms with Gasteiger partial charge in [-0.3, -0.25) is 4.79 Å². The monoisotopic (exact) mass is 359 g/mol. The molecule has 5 heteroatoms. The van der Waals surface area contributed by atoms with Gasteiger partial charge < -0.3 is 19.7 Å². The minimum absolute atomic E-state index is 0.211. The molecular formula is C21H31N2O3+. The summed E-state index contributed by atoms with van der Waals surface area (Å²) in [4.78, 5) is 14.0. The smallest absolute Gasteiger partial charge is 0.275 e. The molecule has 4 atom stereocenters. The van der Waals surface area contributed by atoms with Crippen LogP contribution in [0.4, 0.5) is 0 Å². The molecule has 1 saturated carbocycles. The number of hydrogen-bond donors (Lipinski definition) is 2. The fourth-order valence-corrected chi connectivity index (χ4v) is 4.80. The molecule has 1 unspecified atom stereocenters. The normalized spacial score (nSPS) is 30.8. The fourth-order valence-electron chi connectivity index (χ4n) is 4.80. The average Bonchev–Trinajstić information content (AvgIpc) is 3.11. The van der Waals surface area contributed by atoms with Crippen molar-refractivity contribution in [1.82, 2.24) is 5.32 Å². The molecule has 0 bridgehead atoms. The number of amides is 1. The van der Waals surface area contributed by atoms with Crippen LogP contribution in [-0.4, -0.2) is 38.3 Å². The molecule has 1 saturated heterocycles. The molecule has 3 aliphatic rings. The lowest BCUT2D eigenvalue weighted by atomic mass is 9.86. The lowest BCUT2D eigenvalue weighted by Crippen LogP contribution is -3.11. The summed E-state index contributed by atoms with van der Waals surface area (Å²) in [5, 5.41) is 3.31. The third-order valence-electron chi connectivity index (χ3n) is 6.30. The van der Waals surface area contributed by atoms with Gasteiger partial charge in [0.25, 0.3) is 5.91 Å². The average molecular weight is 359 g/mol. The third-order valence-corrected chi connectivity index (χ3v) is 6.30. The third kappa shape index (κ3) is 3.83. The van der Waals surface area contributed by atoms with E-state index in [0.29, 0.717) is 37.8 Å². The number of quaternary nitrogens is 1. The van der Waals surface area contributed by atoms with Crippen LogP contribution >= 0.6 is 0 Å². The Labute approximate surface area is 156 Å². The zero-order valence-electron chi connectivity index (χ0n) is 15.8. The Kier molecular flexibility index (Phi) is 5.34. The Morgan fingerprint density at radius 1 is 1.12 bits per heavy atom. The van der Waals surface area contributed by atoms with E-state index in [1.165, 1.54) is 36.1 Å².